The van der Waals surface area contributed by atoms with Crippen LogP contribution < -0.4 is 5.73 Å². The first-order valence-electron chi connectivity index (χ1n) is 4.55. The number of halogens is 1. The van der Waals surface area contributed by atoms with E-state index in [-0.39, 0.29) is 17.9 Å². The number of aliphatic hydroxyl groups is 2. The van der Waals surface area contributed by atoms with Gasteiger partial charge < -0.3 is 20.7 Å². The third-order valence-corrected chi connectivity index (χ3v) is 2.19. The zero-order valence-electron chi connectivity index (χ0n) is 8.39. The summed E-state index contributed by atoms with van der Waals surface area (Å²) in [5.74, 6) is -0.629. The number of aliphatic hydroxyl groups excluding tert-OH is 2. The Kier molecular flexibility index (Phi) is 4.54. The van der Waals surface area contributed by atoms with Gasteiger partial charge in [0.1, 0.15) is 12.7 Å². The summed E-state index contributed by atoms with van der Waals surface area (Å²) < 4.78 is 4.73. The predicted octanol–water partition coefficient (Wildman–Crippen LogP) is 0.432. The van der Waals surface area contributed by atoms with E-state index < -0.39 is 18.7 Å². The molecule has 0 amide bonds. The number of esters is 1. The van der Waals surface area contributed by atoms with Crippen LogP contribution in [-0.2, 0) is 4.74 Å². The smallest absolute Gasteiger partial charge is 0.338 e. The molecule has 0 radical (unpaired) electrons. The van der Waals surface area contributed by atoms with Crippen molar-refractivity contribution in [2.75, 3.05) is 18.9 Å². The van der Waals surface area contributed by atoms with Gasteiger partial charge in [-0.1, -0.05) is 11.6 Å². The molecule has 1 aromatic rings. The van der Waals surface area contributed by atoms with Gasteiger partial charge in [0, 0.05) is 0 Å². The van der Waals surface area contributed by atoms with Gasteiger partial charge in [0.2, 0.25) is 0 Å². The van der Waals surface area contributed by atoms with Crippen LogP contribution in [0.25, 0.3) is 0 Å². The molecule has 1 aromatic carbocycles. The highest BCUT2D eigenvalue weighted by Crippen LogP contribution is 2.19. The summed E-state index contributed by atoms with van der Waals surface area (Å²) >= 11 is 5.69. The first-order chi connectivity index (χ1) is 7.54. The topological polar surface area (TPSA) is 92.8 Å². The SMILES string of the molecule is Nc1cc(C(=O)OCC(O)CO)ccc1Cl. The van der Waals surface area contributed by atoms with E-state index in [1.165, 1.54) is 18.2 Å². The molecule has 1 rings (SSSR count). The fourth-order valence-electron chi connectivity index (χ4n) is 0.979. The van der Waals surface area contributed by atoms with Crippen LogP contribution in [0.5, 0.6) is 0 Å². The second-order valence-corrected chi connectivity index (χ2v) is 3.58. The van der Waals surface area contributed by atoms with Gasteiger partial charge >= 0.3 is 5.97 Å². The minimum absolute atomic E-state index is 0.243. The average molecular weight is 246 g/mol. The van der Waals surface area contributed by atoms with Gasteiger partial charge in [-0.3, -0.25) is 0 Å². The van der Waals surface area contributed by atoms with Gasteiger partial charge in [-0.15, -0.1) is 0 Å². The van der Waals surface area contributed by atoms with Gasteiger partial charge in [0.25, 0.3) is 0 Å². The summed E-state index contributed by atoms with van der Waals surface area (Å²) in [6.45, 7) is -0.728. The normalized spacial score (nSPS) is 12.2. The van der Waals surface area contributed by atoms with Crippen LogP contribution in [0.15, 0.2) is 18.2 Å². The van der Waals surface area contributed by atoms with Crippen LogP contribution >= 0.6 is 11.6 Å². The Labute approximate surface area is 97.4 Å². The van der Waals surface area contributed by atoms with Crippen molar-refractivity contribution in [1.82, 2.24) is 0 Å². The number of nitrogen functional groups attached to an aromatic ring is 1. The molecule has 0 spiro atoms. The molecule has 0 aliphatic rings. The summed E-state index contributed by atoms with van der Waals surface area (Å²) in [7, 11) is 0. The van der Waals surface area contributed by atoms with E-state index in [0.717, 1.165) is 0 Å². The molecule has 0 fully saturated rings. The Bertz CT molecular complexity index is 383. The Morgan fingerprint density at radius 2 is 2.25 bits per heavy atom. The van der Waals surface area contributed by atoms with Crippen molar-refractivity contribution < 1.29 is 19.7 Å². The van der Waals surface area contributed by atoms with E-state index in [0.29, 0.717) is 5.02 Å². The van der Waals surface area contributed by atoms with Gasteiger partial charge in [-0.2, -0.15) is 0 Å². The summed E-state index contributed by atoms with van der Waals surface area (Å²) in [5, 5.41) is 17.9. The highest BCUT2D eigenvalue weighted by atomic mass is 35.5. The summed E-state index contributed by atoms with van der Waals surface area (Å²) in [6, 6.07) is 4.33. The Balaban J connectivity index is 2.63. The number of anilines is 1. The lowest BCUT2D eigenvalue weighted by Gasteiger charge is -2.08. The largest absolute Gasteiger partial charge is 0.459 e. The molecule has 16 heavy (non-hydrogen) atoms. The molecule has 4 N–H and O–H groups in total. The average Bonchev–Trinajstić information content (AvgIpc) is 2.29. The Morgan fingerprint density at radius 1 is 1.56 bits per heavy atom. The molecule has 0 saturated heterocycles. The Morgan fingerprint density at radius 3 is 2.81 bits per heavy atom. The molecule has 0 heterocycles. The lowest BCUT2D eigenvalue weighted by atomic mass is 10.2. The van der Waals surface area contributed by atoms with Crippen LogP contribution in [0, 0.1) is 0 Å². The third-order valence-electron chi connectivity index (χ3n) is 1.85. The highest BCUT2D eigenvalue weighted by molar-refractivity contribution is 6.33. The van der Waals surface area contributed by atoms with E-state index in [1.54, 1.807) is 0 Å². The number of hydrogen-bond donors (Lipinski definition) is 3. The molecule has 0 saturated carbocycles. The standard InChI is InChI=1S/C10H12ClNO4/c11-8-2-1-6(3-9(8)12)10(15)16-5-7(14)4-13/h1-3,7,13-14H,4-5,12H2. The van der Waals surface area contributed by atoms with Crippen molar-refractivity contribution in [3.05, 3.63) is 28.8 Å². The summed E-state index contributed by atoms with van der Waals surface area (Å²) in [5.41, 5.74) is 6.03. The number of hydrogen-bond acceptors (Lipinski definition) is 5. The lowest BCUT2D eigenvalue weighted by Crippen LogP contribution is -2.22. The van der Waals surface area contributed by atoms with Crippen molar-refractivity contribution in [3.63, 3.8) is 0 Å². The lowest BCUT2D eigenvalue weighted by molar-refractivity contribution is 0.00934. The van der Waals surface area contributed by atoms with Crippen molar-refractivity contribution in [3.8, 4) is 0 Å². The molecule has 1 unspecified atom stereocenters. The fraction of sp³-hybridized carbons (Fsp3) is 0.300. The zero-order chi connectivity index (χ0) is 12.1. The maximum Gasteiger partial charge on any atom is 0.338 e. The van der Waals surface area contributed by atoms with Gasteiger partial charge in [0.15, 0.2) is 0 Å². The van der Waals surface area contributed by atoms with Crippen molar-refractivity contribution in [2.24, 2.45) is 0 Å². The third kappa shape index (κ3) is 3.37. The molecule has 88 valence electrons. The van der Waals surface area contributed by atoms with Crippen molar-refractivity contribution in [1.29, 1.82) is 0 Å². The monoisotopic (exact) mass is 245 g/mol. The highest BCUT2D eigenvalue weighted by Gasteiger charge is 2.11. The maximum absolute atomic E-state index is 11.4. The first kappa shape index (κ1) is 12.8. The second kappa shape index (κ2) is 5.69. The van der Waals surface area contributed by atoms with Crippen LogP contribution in [0.3, 0.4) is 0 Å². The molecule has 0 aliphatic carbocycles. The molecule has 0 aliphatic heterocycles. The van der Waals surface area contributed by atoms with E-state index in [2.05, 4.69) is 0 Å². The number of carbonyl (C=O) groups is 1. The zero-order valence-corrected chi connectivity index (χ0v) is 9.15. The van der Waals surface area contributed by atoms with Gasteiger partial charge in [-0.05, 0) is 18.2 Å². The summed E-state index contributed by atoms with van der Waals surface area (Å²) in [4.78, 5) is 11.4. The second-order valence-electron chi connectivity index (χ2n) is 3.17. The van der Waals surface area contributed by atoms with Crippen LogP contribution in [0.2, 0.25) is 5.02 Å². The molecule has 0 aromatic heterocycles. The number of ether oxygens (including phenoxy) is 1. The van der Waals surface area contributed by atoms with E-state index in [9.17, 15) is 4.79 Å². The first-order valence-corrected chi connectivity index (χ1v) is 4.93. The van der Waals surface area contributed by atoms with Crippen LogP contribution in [0.1, 0.15) is 10.4 Å². The maximum atomic E-state index is 11.4. The number of nitrogens with two attached hydrogens (primary N) is 1. The number of carbonyl (C=O) groups excluding carboxylic acids is 1. The van der Waals surface area contributed by atoms with Crippen molar-refractivity contribution in [2.45, 2.75) is 6.10 Å². The minimum Gasteiger partial charge on any atom is -0.459 e. The molecule has 6 heteroatoms. The van der Waals surface area contributed by atoms with Gasteiger partial charge in [0.05, 0.1) is 22.9 Å². The van der Waals surface area contributed by atoms with E-state index >= 15 is 0 Å². The minimum atomic E-state index is -1.08. The quantitative estimate of drug-likeness (QED) is 0.529. The Hall–Kier alpha value is -1.30. The van der Waals surface area contributed by atoms with E-state index in [1.807, 2.05) is 0 Å². The van der Waals surface area contributed by atoms with Crippen LogP contribution in [0.4, 0.5) is 5.69 Å². The number of rotatable bonds is 4. The molecule has 5 nitrogen and oxygen atoms in total. The molecular weight excluding hydrogens is 234 g/mol. The van der Waals surface area contributed by atoms with Crippen molar-refractivity contribution >= 4 is 23.3 Å². The molecule has 0 bridgehead atoms. The number of benzene rings is 1. The summed E-state index contributed by atoms with van der Waals surface area (Å²) in [6.07, 6.45) is -1.08. The fourth-order valence-corrected chi connectivity index (χ4v) is 1.10. The predicted molar refractivity (Wildman–Crippen MR) is 59.2 cm³/mol. The van der Waals surface area contributed by atoms with Crippen LogP contribution in [-0.4, -0.2) is 35.5 Å². The van der Waals surface area contributed by atoms with Gasteiger partial charge in [-0.25, -0.2) is 4.79 Å². The molecule has 1 atom stereocenters. The van der Waals surface area contributed by atoms with E-state index in [4.69, 9.17) is 32.3 Å². The molecular formula is C10H12ClNO4.